The number of benzene rings is 1. The van der Waals surface area contributed by atoms with E-state index in [0.717, 1.165) is 26.4 Å². The molecule has 0 unspecified atom stereocenters. The van der Waals surface area contributed by atoms with Gasteiger partial charge in [0.05, 0.1) is 18.0 Å². The van der Waals surface area contributed by atoms with Crippen molar-refractivity contribution >= 4 is 50.5 Å². The number of alkyl halides is 1. The third-order valence-corrected chi connectivity index (χ3v) is 4.62. The van der Waals surface area contributed by atoms with Gasteiger partial charge in [0, 0.05) is 15.5 Å². The van der Waals surface area contributed by atoms with Crippen LogP contribution >= 0.6 is 38.9 Å². The standard InChI is InChI=1S/C13H12BrClN2OS/c1-8-10(14)3-2-4-11(8)17-12(18)5-13-16-9(6-15)7-19-13/h2-4,7H,5-6H2,1H3,(H,17,18). The minimum atomic E-state index is -0.0725. The van der Waals surface area contributed by atoms with Gasteiger partial charge in [-0.2, -0.15) is 0 Å². The van der Waals surface area contributed by atoms with E-state index in [1.807, 2.05) is 30.5 Å². The van der Waals surface area contributed by atoms with E-state index in [1.165, 1.54) is 11.3 Å². The van der Waals surface area contributed by atoms with E-state index in [4.69, 9.17) is 11.6 Å². The summed E-state index contributed by atoms with van der Waals surface area (Å²) in [5, 5.41) is 5.55. The monoisotopic (exact) mass is 358 g/mol. The molecule has 0 atom stereocenters. The normalized spacial score (nSPS) is 10.5. The highest BCUT2D eigenvalue weighted by atomic mass is 79.9. The van der Waals surface area contributed by atoms with E-state index in [-0.39, 0.29) is 12.3 Å². The number of hydrogen-bond donors (Lipinski definition) is 1. The highest BCUT2D eigenvalue weighted by molar-refractivity contribution is 9.10. The van der Waals surface area contributed by atoms with Crippen molar-refractivity contribution in [3.8, 4) is 0 Å². The fourth-order valence-corrected chi connectivity index (χ4v) is 2.95. The molecule has 1 N–H and O–H groups in total. The third-order valence-electron chi connectivity index (χ3n) is 2.59. The van der Waals surface area contributed by atoms with Crippen LogP contribution in [0.3, 0.4) is 0 Å². The van der Waals surface area contributed by atoms with E-state index in [1.54, 1.807) is 0 Å². The van der Waals surface area contributed by atoms with Gasteiger partial charge >= 0.3 is 0 Å². The Labute approximate surface area is 129 Å². The smallest absolute Gasteiger partial charge is 0.231 e. The number of hydrogen-bond acceptors (Lipinski definition) is 3. The van der Waals surface area contributed by atoms with Gasteiger partial charge in [-0.05, 0) is 24.6 Å². The number of nitrogens with one attached hydrogen (secondary N) is 1. The molecule has 1 aromatic carbocycles. The number of anilines is 1. The summed E-state index contributed by atoms with van der Waals surface area (Å²) in [4.78, 5) is 16.2. The molecular weight excluding hydrogens is 348 g/mol. The van der Waals surface area contributed by atoms with Gasteiger partial charge in [-0.25, -0.2) is 4.98 Å². The lowest BCUT2D eigenvalue weighted by molar-refractivity contribution is -0.115. The molecule has 0 bridgehead atoms. The van der Waals surface area contributed by atoms with E-state index >= 15 is 0 Å². The van der Waals surface area contributed by atoms with Gasteiger partial charge in [0.2, 0.25) is 5.91 Å². The Kier molecular flexibility index (Phi) is 4.96. The first-order valence-corrected chi connectivity index (χ1v) is 7.85. The minimum absolute atomic E-state index is 0.0725. The Morgan fingerprint density at radius 3 is 3.00 bits per heavy atom. The van der Waals surface area contributed by atoms with Crippen LogP contribution in [0.4, 0.5) is 5.69 Å². The molecule has 6 heteroatoms. The lowest BCUT2D eigenvalue weighted by Crippen LogP contribution is -2.15. The minimum Gasteiger partial charge on any atom is -0.325 e. The zero-order valence-corrected chi connectivity index (χ0v) is 13.4. The lowest BCUT2D eigenvalue weighted by atomic mass is 10.2. The van der Waals surface area contributed by atoms with E-state index in [2.05, 4.69) is 26.2 Å². The first kappa shape index (κ1) is 14.5. The topological polar surface area (TPSA) is 42.0 Å². The number of thiazole rings is 1. The molecule has 0 aliphatic heterocycles. The van der Waals surface area contributed by atoms with Crippen LogP contribution in [0.1, 0.15) is 16.3 Å². The van der Waals surface area contributed by atoms with Gasteiger partial charge in [0.1, 0.15) is 5.01 Å². The van der Waals surface area contributed by atoms with Gasteiger partial charge in [0.25, 0.3) is 0 Å². The van der Waals surface area contributed by atoms with Gasteiger partial charge in [-0.15, -0.1) is 22.9 Å². The summed E-state index contributed by atoms with van der Waals surface area (Å²) < 4.78 is 0.976. The second-order valence-corrected chi connectivity index (χ2v) is 6.07. The average molecular weight is 360 g/mol. The Bertz CT molecular complexity index is 600. The summed E-state index contributed by atoms with van der Waals surface area (Å²) in [6.07, 6.45) is 0.271. The van der Waals surface area contributed by atoms with Gasteiger partial charge < -0.3 is 5.32 Å². The Morgan fingerprint density at radius 2 is 2.32 bits per heavy atom. The molecule has 1 heterocycles. The molecule has 3 nitrogen and oxygen atoms in total. The summed E-state index contributed by atoms with van der Waals surface area (Å²) in [7, 11) is 0. The summed E-state index contributed by atoms with van der Waals surface area (Å²) in [6, 6.07) is 5.71. The molecule has 0 saturated carbocycles. The maximum Gasteiger partial charge on any atom is 0.231 e. The number of carbonyl (C=O) groups excluding carboxylic acids is 1. The van der Waals surface area contributed by atoms with Crippen LogP contribution in [-0.4, -0.2) is 10.9 Å². The maximum absolute atomic E-state index is 12.0. The van der Waals surface area contributed by atoms with Crippen LogP contribution in [0, 0.1) is 6.92 Å². The maximum atomic E-state index is 12.0. The first-order valence-electron chi connectivity index (χ1n) is 5.64. The van der Waals surface area contributed by atoms with E-state index in [0.29, 0.717) is 5.88 Å². The quantitative estimate of drug-likeness (QED) is 0.834. The molecule has 100 valence electrons. The predicted octanol–water partition coefficient (Wildman–Crippen LogP) is 4.13. The molecule has 0 saturated heterocycles. The van der Waals surface area contributed by atoms with E-state index < -0.39 is 0 Å². The molecule has 0 aliphatic rings. The largest absolute Gasteiger partial charge is 0.325 e. The van der Waals surface area contributed by atoms with Crippen molar-refractivity contribution in [1.29, 1.82) is 0 Å². The Hall–Kier alpha value is -0.910. The van der Waals surface area contributed by atoms with Crippen molar-refractivity contribution < 1.29 is 4.79 Å². The fourth-order valence-electron chi connectivity index (χ4n) is 1.57. The van der Waals surface area contributed by atoms with Gasteiger partial charge in [-0.3, -0.25) is 4.79 Å². The van der Waals surface area contributed by atoms with Crippen LogP contribution in [0.25, 0.3) is 0 Å². The molecule has 19 heavy (non-hydrogen) atoms. The second kappa shape index (κ2) is 6.50. The molecular formula is C13H12BrClN2OS. The molecule has 0 radical (unpaired) electrons. The summed E-state index contributed by atoms with van der Waals surface area (Å²) in [6.45, 7) is 1.95. The van der Waals surface area contributed by atoms with Gasteiger partial charge in [-0.1, -0.05) is 22.0 Å². The summed E-state index contributed by atoms with van der Waals surface area (Å²) in [5.74, 6) is 0.305. The fraction of sp³-hybridized carbons (Fsp3) is 0.231. The number of carbonyl (C=O) groups is 1. The number of halogens is 2. The number of amides is 1. The molecule has 0 spiro atoms. The molecule has 0 fully saturated rings. The van der Waals surface area contributed by atoms with Crippen molar-refractivity contribution in [1.82, 2.24) is 4.98 Å². The predicted molar refractivity (Wildman–Crippen MR) is 82.9 cm³/mol. The van der Waals surface area contributed by atoms with Crippen LogP contribution in [0.5, 0.6) is 0 Å². The SMILES string of the molecule is Cc1c(Br)cccc1NC(=O)Cc1nc(CCl)cs1. The molecule has 2 aromatic rings. The highest BCUT2D eigenvalue weighted by Gasteiger charge is 2.10. The number of aromatic nitrogens is 1. The Morgan fingerprint density at radius 1 is 1.53 bits per heavy atom. The van der Waals surface area contributed by atoms with Gasteiger partial charge in [0.15, 0.2) is 0 Å². The van der Waals surface area contributed by atoms with Crippen molar-refractivity contribution in [2.45, 2.75) is 19.2 Å². The average Bonchev–Trinajstić information content (AvgIpc) is 2.82. The highest BCUT2D eigenvalue weighted by Crippen LogP contribution is 2.23. The van der Waals surface area contributed by atoms with Crippen LogP contribution < -0.4 is 5.32 Å². The molecule has 2 rings (SSSR count). The Balaban J connectivity index is 2.03. The van der Waals surface area contributed by atoms with Crippen molar-refractivity contribution in [2.75, 3.05) is 5.32 Å². The summed E-state index contributed by atoms with van der Waals surface area (Å²) in [5.41, 5.74) is 2.64. The van der Waals surface area contributed by atoms with Crippen LogP contribution in [0.15, 0.2) is 28.1 Å². The van der Waals surface area contributed by atoms with Crippen molar-refractivity contribution in [3.05, 3.63) is 44.3 Å². The van der Waals surface area contributed by atoms with Crippen molar-refractivity contribution in [2.24, 2.45) is 0 Å². The number of rotatable bonds is 4. The lowest BCUT2D eigenvalue weighted by Gasteiger charge is -2.08. The third kappa shape index (κ3) is 3.78. The number of nitrogens with zero attached hydrogens (tertiary/aromatic N) is 1. The van der Waals surface area contributed by atoms with E-state index in [9.17, 15) is 4.79 Å². The van der Waals surface area contributed by atoms with Crippen molar-refractivity contribution in [3.63, 3.8) is 0 Å². The molecule has 1 aromatic heterocycles. The summed E-state index contributed by atoms with van der Waals surface area (Å²) >= 11 is 10.6. The first-order chi connectivity index (χ1) is 9.10. The molecule has 1 amide bonds. The zero-order valence-electron chi connectivity index (χ0n) is 10.2. The van der Waals surface area contributed by atoms with Crippen LogP contribution in [-0.2, 0) is 17.1 Å². The zero-order chi connectivity index (χ0) is 13.8. The second-order valence-electron chi connectivity index (χ2n) is 4.00. The van der Waals surface area contributed by atoms with Crippen LogP contribution in [0.2, 0.25) is 0 Å². The molecule has 0 aliphatic carbocycles.